The van der Waals surface area contributed by atoms with Crippen LogP contribution in [-0.4, -0.2) is 18.1 Å². The Kier molecular flexibility index (Phi) is 6.30. The van der Waals surface area contributed by atoms with Gasteiger partial charge in [-0.3, -0.25) is 0 Å². The minimum absolute atomic E-state index is 0.375. The smallest absolute Gasteiger partial charge is 0.356 e. The molecule has 17 heavy (non-hydrogen) atoms. The summed E-state index contributed by atoms with van der Waals surface area (Å²) in [4.78, 5) is 15.3. The Bertz CT molecular complexity index is 333. The molecule has 1 heterocycles. The molecule has 0 aromatic carbocycles. The topological polar surface area (TPSA) is 39.2 Å². The quantitative estimate of drug-likeness (QED) is 0.537. The van der Waals surface area contributed by atoms with Gasteiger partial charge in [0, 0.05) is 6.20 Å². The van der Waals surface area contributed by atoms with Crippen LogP contribution in [0.2, 0.25) is 0 Å². The van der Waals surface area contributed by atoms with Gasteiger partial charge in [-0.05, 0) is 24.5 Å². The molecule has 0 amide bonds. The zero-order chi connectivity index (χ0) is 12.5. The van der Waals surface area contributed by atoms with Gasteiger partial charge in [-0.15, -0.1) is 0 Å². The summed E-state index contributed by atoms with van der Waals surface area (Å²) in [5.41, 5.74) is 1.57. The van der Waals surface area contributed by atoms with Crippen LogP contribution in [-0.2, 0) is 11.2 Å². The number of esters is 1. The molecule has 1 aromatic rings. The molecule has 94 valence electrons. The third-order valence-corrected chi connectivity index (χ3v) is 2.79. The molecule has 0 atom stereocenters. The summed E-state index contributed by atoms with van der Waals surface area (Å²) >= 11 is 0. The van der Waals surface area contributed by atoms with Gasteiger partial charge in [0.05, 0.1) is 7.11 Å². The minimum atomic E-state index is -0.375. The van der Waals surface area contributed by atoms with E-state index >= 15 is 0 Å². The van der Waals surface area contributed by atoms with Crippen LogP contribution in [0.15, 0.2) is 18.3 Å². The molecule has 3 nitrogen and oxygen atoms in total. The molecule has 0 unspecified atom stereocenters. The number of aryl methyl sites for hydroxylation is 1. The predicted octanol–water partition coefficient (Wildman–Crippen LogP) is 3.38. The van der Waals surface area contributed by atoms with E-state index in [1.54, 1.807) is 12.3 Å². The van der Waals surface area contributed by atoms with E-state index in [1.807, 2.05) is 6.07 Å². The van der Waals surface area contributed by atoms with E-state index in [9.17, 15) is 4.79 Å². The van der Waals surface area contributed by atoms with Crippen molar-refractivity contribution < 1.29 is 9.53 Å². The summed E-state index contributed by atoms with van der Waals surface area (Å²) in [5, 5.41) is 0. The normalized spacial score (nSPS) is 10.2. The van der Waals surface area contributed by atoms with Crippen molar-refractivity contribution in [1.82, 2.24) is 4.98 Å². The van der Waals surface area contributed by atoms with Gasteiger partial charge in [0.1, 0.15) is 5.69 Å². The fraction of sp³-hybridized carbons (Fsp3) is 0.571. The van der Waals surface area contributed by atoms with E-state index in [0.717, 1.165) is 6.42 Å². The molecule has 0 aliphatic rings. The molecular formula is C14H21NO2. The first kappa shape index (κ1) is 13.7. The molecule has 0 aliphatic carbocycles. The third kappa shape index (κ3) is 4.98. The van der Waals surface area contributed by atoms with E-state index in [0.29, 0.717) is 5.69 Å². The number of ether oxygens (including phenoxy) is 1. The van der Waals surface area contributed by atoms with Crippen molar-refractivity contribution >= 4 is 5.97 Å². The number of aromatic nitrogens is 1. The Morgan fingerprint density at radius 1 is 1.24 bits per heavy atom. The highest BCUT2D eigenvalue weighted by Crippen LogP contribution is 2.09. The van der Waals surface area contributed by atoms with Gasteiger partial charge < -0.3 is 4.74 Å². The van der Waals surface area contributed by atoms with Gasteiger partial charge in [-0.25, -0.2) is 9.78 Å². The van der Waals surface area contributed by atoms with Crippen molar-refractivity contribution in [3.8, 4) is 0 Å². The number of rotatable bonds is 7. The van der Waals surface area contributed by atoms with Crippen molar-refractivity contribution in [1.29, 1.82) is 0 Å². The molecule has 0 saturated carbocycles. The Morgan fingerprint density at radius 3 is 2.59 bits per heavy atom. The molecule has 0 bridgehead atoms. The molecule has 0 radical (unpaired) electrons. The van der Waals surface area contributed by atoms with Gasteiger partial charge in [0.2, 0.25) is 0 Å². The Morgan fingerprint density at radius 2 is 2.00 bits per heavy atom. The van der Waals surface area contributed by atoms with E-state index in [4.69, 9.17) is 0 Å². The second kappa shape index (κ2) is 7.82. The summed E-state index contributed by atoms with van der Waals surface area (Å²) < 4.78 is 4.60. The predicted molar refractivity (Wildman–Crippen MR) is 68.0 cm³/mol. The molecule has 0 spiro atoms. The first-order valence-electron chi connectivity index (χ1n) is 6.31. The number of hydrogen-bond donors (Lipinski definition) is 0. The van der Waals surface area contributed by atoms with Crippen molar-refractivity contribution in [3.05, 3.63) is 29.6 Å². The minimum Gasteiger partial charge on any atom is -0.464 e. The molecule has 0 saturated heterocycles. The molecule has 0 N–H and O–H groups in total. The lowest BCUT2D eigenvalue weighted by atomic mass is 10.1. The van der Waals surface area contributed by atoms with E-state index in [1.165, 1.54) is 44.8 Å². The summed E-state index contributed by atoms with van der Waals surface area (Å²) in [6.45, 7) is 2.22. The van der Waals surface area contributed by atoms with Gasteiger partial charge in [-0.2, -0.15) is 0 Å². The number of hydrogen-bond acceptors (Lipinski definition) is 3. The molecule has 3 heteroatoms. The van der Waals surface area contributed by atoms with Crippen LogP contribution in [0.3, 0.4) is 0 Å². The number of methoxy groups -OCH3 is 1. The van der Waals surface area contributed by atoms with Crippen LogP contribution in [0.5, 0.6) is 0 Å². The maximum Gasteiger partial charge on any atom is 0.356 e. The van der Waals surface area contributed by atoms with E-state index in [-0.39, 0.29) is 5.97 Å². The van der Waals surface area contributed by atoms with Crippen molar-refractivity contribution in [2.75, 3.05) is 7.11 Å². The van der Waals surface area contributed by atoms with E-state index in [2.05, 4.69) is 16.6 Å². The van der Waals surface area contributed by atoms with Crippen LogP contribution >= 0.6 is 0 Å². The average Bonchev–Trinajstić information content (AvgIpc) is 2.38. The van der Waals surface area contributed by atoms with Gasteiger partial charge in [0.15, 0.2) is 0 Å². The molecule has 1 rings (SSSR count). The van der Waals surface area contributed by atoms with Crippen LogP contribution in [0.25, 0.3) is 0 Å². The number of nitrogens with zero attached hydrogens (tertiary/aromatic N) is 1. The molecule has 1 aromatic heterocycles. The first-order chi connectivity index (χ1) is 8.27. The Balaban J connectivity index is 2.33. The average molecular weight is 235 g/mol. The maximum atomic E-state index is 11.2. The summed E-state index contributed by atoms with van der Waals surface area (Å²) in [7, 11) is 1.37. The lowest BCUT2D eigenvalue weighted by Gasteiger charge is -2.02. The third-order valence-electron chi connectivity index (χ3n) is 2.79. The van der Waals surface area contributed by atoms with Crippen molar-refractivity contribution in [2.45, 2.75) is 45.4 Å². The highest BCUT2D eigenvalue weighted by atomic mass is 16.5. The molecule has 0 aliphatic heterocycles. The monoisotopic (exact) mass is 235 g/mol. The van der Waals surface area contributed by atoms with Crippen LogP contribution < -0.4 is 0 Å². The highest BCUT2D eigenvalue weighted by molar-refractivity contribution is 5.86. The summed E-state index contributed by atoms with van der Waals surface area (Å²) in [5.74, 6) is -0.375. The fourth-order valence-corrected chi connectivity index (χ4v) is 1.73. The largest absolute Gasteiger partial charge is 0.464 e. The van der Waals surface area contributed by atoms with Crippen LogP contribution in [0.4, 0.5) is 0 Å². The van der Waals surface area contributed by atoms with Gasteiger partial charge >= 0.3 is 5.97 Å². The van der Waals surface area contributed by atoms with Gasteiger partial charge in [-0.1, -0.05) is 38.7 Å². The zero-order valence-corrected chi connectivity index (χ0v) is 10.7. The van der Waals surface area contributed by atoms with Gasteiger partial charge in [0.25, 0.3) is 0 Å². The number of pyridine rings is 1. The molecule has 0 fully saturated rings. The highest BCUT2D eigenvalue weighted by Gasteiger charge is 2.05. The maximum absolute atomic E-state index is 11.2. The van der Waals surface area contributed by atoms with Crippen LogP contribution in [0, 0.1) is 0 Å². The fourth-order valence-electron chi connectivity index (χ4n) is 1.73. The van der Waals surface area contributed by atoms with E-state index < -0.39 is 0 Å². The second-order valence-corrected chi connectivity index (χ2v) is 4.21. The lowest BCUT2D eigenvalue weighted by Crippen LogP contribution is -2.04. The van der Waals surface area contributed by atoms with Crippen molar-refractivity contribution in [3.63, 3.8) is 0 Å². The Hall–Kier alpha value is -1.38. The summed E-state index contributed by atoms with van der Waals surface area (Å²) in [6, 6.07) is 3.69. The standard InChI is InChI=1S/C14H21NO2/c1-3-4-5-6-7-8-12-9-10-13(15-11-12)14(16)17-2/h9-11H,3-8H2,1-2H3. The molecular weight excluding hydrogens is 214 g/mol. The first-order valence-corrected chi connectivity index (χ1v) is 6.31. The second-order valence-electron chi connectivity index (χ2n) is 4.21. The SMILES string of the molecule is CCCCCCCc1ccc(C(=O)OC)nc1. The lowest BCUT2D eigenvalue weighted by molar-refractivity contribution is 0.0594. The van der Waals surface area contributed by atoms with Crippen LogP contribution in [0.1, 0.15) is 55.1 Å². The summed E-state index contributed by atoms with van der Waals surface area (Å²) in [6.07, 6.45) is 9.18. The Labute approximate surface area is 103 Å². The zero-order valence-electron chi connectivity index (χ0n) is 10.7. The van der Waals surface area contributed by atoms with Crippen molar-refractivity contribution in [2.24, 2.45) is 0 Å². The number of carbonyl (C=O) groups excluding carboxylic acids is 1. The number of carbonyl (C=O) groups is 1. The number of unbranched alkanes of at least 4 members (excludes halogenated alkanes) is 4.